The number of nitrogens with one attached hydrogen (secondary N) is 1. The Bertz CT molecular complexity index is 1080. The van der Waals surface area contributed by atoms with E-state index in [-0.39, 0.29) is 24.8 Å². The van der Waals surface area contributed by atoms with Crippen molar-refractivity contribution in [1.82, 2.24) is 20.2 Å². The number of amides is 3. The van der Waals surface area contributed by atoms with Gasteiger partial charge in [0.1, 0.15) is 5.82 Å². The number of piperazine rings is 1. The molecule has 10 nitrogen and oxygen atoms in total. The van der Waals surface area contributed by atoms with Gasteiger partial charge in [-0.3, -0.25) is 14.5 Å². The second-order valence-corrected chi connectivity index (χ2v) is 8.40. The molecule has 3 amide bonds. The molecule has 2 aliphatic rings. The van der Waals surface area contributed by atoms with Gasteiger partial charge < -0.3 is 19.9 Å². The Morgan fingerprint density at radius 1 is 1.21 bits per heavy atom. The van der Waals surface area contributed by atoms with Crippen LogP contribution in [-0.2, 0) is 14.3 Å². The van der Waals surface area contributed by atoms with Crippen molar-refractivity contribution in [2.45, 2.75) is 19.6 Å². The highest BCUT2D eigenvalue weighted by molar-refractivity contribution is 9.09. The van der Waals surface area contributed by atoms with E-state index in [2.05, 4.69) is 31.2 Å². The van der Waals surface area contributed by atoms with Crippen LogP contribution in [0, 0.1) is 5.82 Å². The number of alkyl halides is 1. The van der Waals surface area contributed by atoms with Crippen LogP contribution >= 0.6 is 15.9 Å². The zero-order valence-corrected chi connectivity index (χ0v) is 20.1. The predicted octanol–water partition coefficient (Wildman–Crippen LogP) is 2.14. The zero-order valence-electron chi connectivity index (χ0n) is 18.5. The fourth-order valence-corrected chi connectivity index (χ4v) is 4.16. The van der Waals surface area contributed by atoms with Crippen LogP contribution in [0.25, 0.3) is 11.1 Å². The molecule has 12 heteroatoms. The van der Waals surface area contributed by atoms with Crippen molar-refractivity contribution in [3.05, 3.63) is 36.4 Å². The van der Waals surface area contributed by atoms with Gasteiger partial charge in [-0.25, -0.2) is 19.2 Å². The molecule has 3 heterocycles. The number of nitrogens with zero attached hydrogens (tertiary/aromatic N) is 5. The molecule has 1 unspecified atom stereocenters. The number of halogens is 2. The lowest BCUT2D eigenvalue weighted by molar-refractivity contribution is -0.128. The molecule has 34 heavy (non-hydrogen) atoms. The Morgan fingerprint density at radius 3 is 2.53 bits per heavy atom. The van der Waals surface area contributed by atoms with Crippen LogP contribution in [0.4, 0.5) is 20.8 Å². The summed E-state index contributed by atoms with van der Waals surface area (Å²) in [6, 6.07) is 4.41. The third-order valence-electron chi connectivity index (χ3n) is 5.70. The van der Waals surface area contributed by atoms with E-state index in [1.807, 2.05) is 4.90 Å². The van der Waals surface area contributed by atoms with Crippen molar-refractivity contribution < 1.29 is 23.5 Å². The highest BCUT2D eigenvalue weighted by atomic mass is 79.9. The van der Waals surface area contributed by atoms with Gasteiger partial charge in [-0.15, -0.1) is 0 Å². The third-order valence-corrected chi connectivity index (χ3v) is 6.18. The maximum atomic E-state index is 14.9. The summed E-state index contributed by atoms with van der Waals surface area (Å²) in [5.74, 6) is -0.200. The van der Waals surface area contributed by atoms with E-state index in [1.54, 1.807) is 36.4 Å². The van der Waals surface area contributed by atoms with Gasteiger partial charge in [-0.05, 0) is 18.2 Å². The molecule has 180 valence electrons. The summed E-state index contributed by atoms with van der Waals surface area (Å²) < 4.78 is 20.1. The number of hydrogen-bond acceptors (Lipinski definition) is 7. The van der Waals surface area contributed by atoms with Crippen LogP contribution in [0.3, 0.4) is 0 Å². The number of ether oxygens (including phenoxy) is 1. The topological polar surface area (TPSA) is 108 Å². The molecule has 2 fully saturated rings. The molecule has 1 aromatic heterocycles. The Balaban J connectivity index is 1.42. The first kappa shape index (κ1) is 23.9. The molecule has 0 saturated carbocycles. The van der Waals surface area contributed by atoms with E-state index >= 15 is 0 Å². The minimum atomic E-state index is -0.775. The Morgan fingerprint density at radius 2 is 1.91 bits per heavy atom. The van der Waals surface area contributed by atoms with Crippen molar-refractivity contribution in [2.24, 2.45) is 0 Å². The van der Waals surface area contributed by atoms with Gasteiger partial charge in [-0.2, -0.15) is 0 Å². The maximum absolute atomic E-state index is 14.9. The smallest absolute Gasteiger partial charge is 0.416 e. The summed E-state index contributed by atoms with van der Waals surface area (Å²) in [5, 5.41) is 2.90. The number of carbonyl (C=O) groups excluding carboxylic acids is 3. The van der Waals surface area contributed by atoms with Crippen LogP contribution in [0.1, 0.15) is 13.3 Å². The van der Waals surface area contributed by atoms with Gasteiger partial charge in [-0.1, -0.05) is 22.9 Å². The number of benzene rings is 1. The van der Waals surface area contributed by atoms with E-state index in [0.29, 0.717) is 54.3 Å². The van der Waals surface area contributed by atoms with Crippen molar-refractivity contribution >= 4 is 45.5 Å². The molecule has 1 atom stereocenters. The van der Waals surface area contributed by atoms with Crippen LogP contribution in [0.15, 0.2) is 30.6 Å². The quantitative estimate of drug-likeness (QED) is 0.565. The second kappa shape index (κ2) is 10.3. The molecule has 2 aromatic rings. The highest BCUT2D eigenvalue weighted by Gasteiger charge is 2.33. The fraction of sp³-hybridized carbons (Fsp3) is 0.409. The summed E-state index contributed by atoms with van der Waals surface area (Å²) in [6.45, 7) is 4.21. The molecule has 2 aliphatic heterocycles. The standard InChI is InChI=1S/C22H24BrFN6O4/c1-2-18(31)27-19-13-30(22(33)34-19)15-3-4-16(17(24)9-15)14-11-25-21(26-12-14)29-7-5-28(6-8-29)20(32)10-23/h3-4,9,11-12,19H,2,5-8,10,13H2,1H3,(H,27,31). The van der Waals surface area contributed by atoms with Gasteiger partial charge in [0.15, 0.2) is 6.23 Å². The molecular weight excluding hydrogens is 511 g/mol. The minimum absolute atomic E-state index is 0.0539. The first-order valence-electron chi connectivity index (χ1n) is 10.9. The van der Waals surface area contributed by atoms with Crippen molar-refractivity contribution in [2.75, 3.05) is 47.9 Å². The number of anilines is 2. The van der Waals surface area contributed by atoms with Gasteiger partial charge in [0.25, 0.3) is 0 Å². The van der Waals surface area contributed by atoms with Gasteiger partial charge in [0, 0.05) is 56.1 Å². The van der Waals surface area contributed by atoms with Crippen LogP contribution in [-0.4, -0.2) is 77.1 Å². The molecule has 0 radical (unpaired) electrons. The van der Waals surface area contributed by atoms with E-state index in [1.165, 1.54) is 11.0 Å². The maximum Gasteiger partial charge on any atom is 0.416 e. The lowest BCUT2D eigenvalue weighted by Gasteiger charge is -2.34. The lowest BCUT2D eigenvalue weighted by atomic mass is 10.1. The average Bonchev–Trinajstić information content (AvgIpc) is 3.23. The molecule has 4 rings (SSSR count). The normalized spacial score (nSPS) is 18.1. The Labute approximate surface area is 204 Å². The molecule has 0 bridgehead atoms. The second-order valence-electron chi connectivity index (χ2n) is 7.84. The number of hydrogen-bond donors (Lipinski definition) is 1. The number of carbonyl (C=O) groups is 3. The molecular formula is C22H24BrFN6O4. The summed E-state index contributed by atoms with van der Waals surface area (Å²) >= 11 is 3.19. The highest BCUT2D eigenvalue weighted by Crippen LogP contribution is 2.29. The van der Waals surface area contributed by atoms with E-state index in [0.717, 1.165) is 0 Å². The summed E-state index contributed by atoms with van der Waals surface area (Å²) in [7, 11) is 0. The lowest BCUT2D eigenvalue weighted by Crippen LogP contribution is -2.49. The van der Waals surface area contributed by atoms with E-state index in [9.17, 15) is 18.8 Å². The fourth-order valence-electron chi connectivity index (χ4n) is 3.80. The van der Waals surface area contributed by atoms with Crippen molar-refractivity contribution in [1.29, 1.82) is 0 Å². The summed E-state index contributed by atoms with van der Waals surface area (Å²) in [6.07, 6.45) is 1.95. The largest absolute Gasteiger partial charge is 0.423 e. The minimum Gasteiger partial charge on any atom is -0.423 e. The first-order valence-corrected chi connectivity index (χ1v) is 12.0. The van der Waals surface area contributed by atoms with Crippen LogP contribution in [0.5, 0.6) is 0 Å². The molecule has 1 aromatic carbocycles. The predicted molar refractivity (Wildman–Crippen MR) is 126 cm³/mol. The van der Waals surface area contributed by atoms with Crippen LogP contribution < -0.4 is 15.1 Å². The number of rotatable bonds is 6. The van der Waals surface area contributed by atoms with Gasteiger partial charge in [0.05, 0.1) is 17.6 Å². The summed E-state index contributed by atoms with van der Waals surface area (Å²) in [4.78, 5) is 49.3. The van der Waals surface area contributed by atoms with Crippen molar-refractivity contribution in [3.8, 4) is 11.1 Å². The molecule has 1 N–H and O–H groups in total. The molecule has 0 spiro atoms. The monoisotopic (exact) mass is 534 g/mol. The summed E-state index contributed by atoms with van der Waals surface area (Å²) in [5.41, 5.74) is 1.12. The molecule has 0 aliphatic carbocycles. The zero-order chi connectivity index (χ0) is 24.2. The molecule has 2 saturated heterocycles. The first-order chi connectivity index (χ1) is 16.4. The Hall–Kier alpha value is -3.28. The van der Waals surface area contributed by atoms with Gasteiger partial charge in [0.2, 0.25) is 17.8 Å². The van der Waals surface area contributed by atoms with Gasteiger partial charge >= 0.3 is 6.09 Å². The van der Waals surface area contributed by atoms with Crippen LogP contribution in [0.2, 0.25) is 0 Å². The third kappa shape index (κ3) is 5.11. The number of aromatic nitrogens is 2. The Kier molecular flexibility index (Phi) is 7.25. The SMILES string of the molecule is CCC(=O)NC1CN(c2ccc(-c3cnc(N4CCN(C(=O)CBr)CC4)nc3)c(F)c2)C(=O)O1. The van der Waals surface area contributed by atoms with E-state index in [4.69, 9.17) is 4.74 Å². The van der Waals surface area contributed by atoms with Crippen molar-refractivity contribution in [3.63, 3.8) is 0 Å². The number of cyclic esters (lactones) is 1. The average molecular weight is 535 g/mol. The van der Waals surface area contributed by atoms with E-state index < -0.39 is 18.1 Å².